The van der Waals surface area contributed by atoms with Crippen molar-refractivity contribution in [3.63, 3.8) is 0 Å². The van der Waals surface area contributed by atoms with Crippen LogP contribution in [0.2, 0.25) is 0 Å². The van der Waals surface area contributed by atoms with Crippen LogP contribution in [-0.2, 0) is 0 Å². The quantitative estimate of drug-likeness (QED) is 0.943. The highest BCUT2D eigenvalue weighted by molar-refractivity contribution is 5.53. The van der Waals surface area contributed by atoms with Crippen LogP contribution in [0.25, 0.3) is 11.4 Å². The van der Waals surface area contributed by atoms with E-state index in [1.165, 1.54) is 32.1 Å². The lowest BCUT2D eigenvalue weighted by molar-refractivity contribution is 0.110. The molecule has 1 saturated carbocycles. The predicted molar refractivity (Wildman–Crippen MR) is 86.7 cm³/mol. The second-order valence-corrected chi connectivity index (χ2v) is 6.72. The van der Waals surface area contributed by atoms with Gasteiger partial charge in [-0.1, -0.05) is 54.8 Å². The first-order valence-corrected chi connectivity index (χ1v) is 8.64. The summed E-state index contributed by atoms with van der Waals surface area (Å²) >= 11 is 0. The molecule has 1 N–H and O–H groups in total. The second kappa shape index (κ2) is 6.42. The first kappa shape index (κ1) is 14.8. The third-order valence-electron chi connectivity index (χ3n) is 5.12. The molecular formula is C18H23N3O2. The number of hydrogen-bond donors (Lipinski definition) is 1. The highest BCUT2D eigenvalue weighted by atomic mass is 16.5. The average molecular weight is 313 g/mol. The molecule has 5 nitrogen and oxygen atoms in total. The van der Waals surface area contributed by atoms with E-state index in [2.05, 4.69) is 15.0 Å². The molecule has 2 atom stereocenters. The number of nitrogens with zero attached hydrogens (tertiary/aromatic N) is 3. The fourth-order valence-electron chi connectivity index (χ4n) is 3.97. The van der Waals surface area contributed by atoms with Crippen molar-refractivity contribution in [3.05, 3.63) is 36.2 Å². The van der Waals surface area contributed by atoms with Crippen molar-refractivity contribution < 1.29 is 9.63 Å². The van der Waals surface area contributed by atoms with Gasteiger partial charge in [0.1, 0.15) is 0 Å². The van der Waals surface area contributed by atoms with Gasteiger partial charge >= 0.3 is 0 Å². The molecule has 1 aliphatic carbocycles. The van der Waals surface area contributed by atoms with Gasteiger partial charge in [0.15, 0.2) is 0 Å². The van der Waals surface area contributed by atoms with Gasteiger partial charge in [-0.05, 0) is 19.3 Å². The summed E-state index contributed by atoms with van der Waals surface area (Å²) in [4.78, 5) is 7.01. The normalized spacial score (nSPS) is 26.7. The van der Waals surface area contributed by atoms with Gasteiger partial charge in [0.05, 0.1) is 12.1 Å². The standard InChI is InChI=1S/C18H23N3O2/c22-15-11-16(21(12-15)14-9-5-2-6-10-14)18-19-17(20-23-18)13-7-3-1-4-8-13/h1,3-4,7-8,14-16,22H,2,5-6,9-12H2/t15-,16+/m1/s1. The maximum atomic E-state index is 10.2. The molecule has 0 spiro atoms. The maximum Gasteiger partial charge on any atom is 0.244 e. The molecule has 1 aliphatic heterocycles. The topological polar surface area (TPSA) is 62.4 Å². The van der Waals surface area contributed by atoms with E-state index in [1.807, 2.05) is 30.3 Å². The van der Waals surface area contributed by atoms with E-state index in [9.17, 15) is 5.11 Å². The number of likely N-dealkylation sites (tertiary alicyclic amines) is 1. The molecule has 5 heteroatoms. The van der Waals surface area contributed by atoms with Crippen LogP contribution < -0.4 is 0 Å². The van der Waals surface area contributed by atoms with Crippen molar-refractivity contribution in [3.8, 4) is 11.4 Å². The molecule has 2 aromatic rings. The summed E-state index contributed by atoms with van der Waals surface area (Å²) in [5, 5.41) is 14.3. The van der Waals surface area contributed by atoms with Crippen molar-refractivity contribution in [2.45, 2.75) is 56.7 Å². The number of rotatable bonds is 3. The van der Waals surface area contributed by atoms with Crippen molar-refractivity contribution in [1.82, 2.24) is 15.0 Å². The van der Waals surface area contributed by atoms with Gasteiger partial charge in [-0.25, -0.2) is 0 Å². The molecule has 1 aromatic heterocycles. The van der Waals surface area contributed by atoms with Gasteiger partial charge in [-0.15, -0.1) is 0 Å². The Morgan fingerprint density at radius 3 is 2.65 bits per heavy atom. The third-order valence-corrected chi connectivity index (χ3v) is 5.12. The lowest BCUT2D eigenvalue weighted by Gasteiger charge is -2.33. The fourth-order valence-corrected chi connectivity index (χ4v) is 3.97. The van der Waals surface area contributed by atoms with E-state index in [-0.39, 0.29) is 12.1 Å². The van der Waals surface area contributed by atoms with Crippen LogP contribution in [-0.4, -0.2) is 38.8 Å². The molecule has 0 unspecified atom stereocenters. The molecular weight excluding hydrogens is 290 g/mol. The smallest absolute Gasteiger partial charge is 0.244 e. The monoisotopic (exact) mass is 313 g/mol. The Morgan fingerprint density at radius 2 is 1.87 bits per heavy atom. The van der Waals surface area contributed by atoms with E-state index in [4.69, 9.17) is 4.52 Å². The van der Waals surface area contributed by atoms with Crippen LogP contribution in [0.1, 0.15) is 50.5 Å². The Kier molecular flexibility index (Phi) is 4.14. The van der Waals surface area contributed by atoms with E-state index >= 15 is 0 Å². The first-order chi connectivity index (χ1) is 11.3. The van der Waals surface area contributed by atoms with Crippen LogP contribution in [0.5, 0.6) is 0 Å². The number of benzene rings is 1. The summed E-state index contributed by atoms with van der Waals surface area (Å²) in [5.74, 6) is 1.27. The molecule has 0 amide bonds. The lowest BCUT2D eigenvalue weighted by Crippen LogP contribution is -2.37. The summed E-state index contributed by atoms with van der Waals surface area (Å²) in [6, 6.07) is 10.5. The molecule has 1 saturated heterocycles. The minimum Gasteiger partial charge on any atom is -0.392 e. The Bertz CT molecular complexity index is 637. The molecule has 2 fully saturated rings. The summed E-state index contributed by atoms with van der Waals surface area (Å²) < 4.78 is 5.56. The molecule has 4 rings (SSSR count). The van der Waals surface area contributed by atoms with Gasteiger partial charge < -0.3 is 9.63 Å². The highest BCUT2D eigenvalue weighted by Gasteiger charge is 2.39. The van der Waals surface area contributed by atoms with Crippen LogP contribution in [0, 0.1) is 0 Å². The molecule has 0 radical (unpaired) electrons. The summed E-state index contributed by atoms with van der Waals surface area (Å²) in [5.41, 5.74) is 0.963. The van der Waals surface area contributed by atoms with Gasteiger partial charge in [0.25, 0.3) is 0 Å². The Labute approximate surface area is 136 Å². The van der Waals surface area contributed by atoms with E-state index in [0.29, 0.717) is 24.2 Å². The van der Waals surface area contributed by atoms with Crippen LogP contribution in [0.3, 0.4) is 0 Å². The van der Waals surface area contributed by atoms with Gasteiger partial charge in [0, 0.05) is 18.2 Å². The predicted octanol–water partition coefficient (Wildman–Crippen LogP) is 3.18. The average Bonchev–Trinajstić information content (AvgIpc) is 3.23. The molecule has 0 bridgehead atoms. The largest absolute Gasteiger partial charge is 0.392 e. The van der Waals surface area contributed by atoms with Gasteiger partial charge in [-0.3, -0.25) is 4.90 Å². The van der Waals surface area contributed by atoms with Crippen LogP contribution >= 0.6 is 0 Å². The Morgan fingerprint density at radius 1 is 1.09 bits per heavy atom. The van der Waals surface area contributed by atoms with Crippen molar-refractivity contribution in [1.29, 1.82) is 0 Å². The molecule has 122 valence electrons. The number of β-amino-alcohol motifs (C(OH)–C–C–N with tert-alkyl or cyclic N) is 1. The van der Waals surface area contributed by atoms with Crippen molar-refractivity contribution >= 4 is 0 Å². The fraction of sp³-hybridized carbons (Fsp3) is 0.556. The van der Waals surface area contributed by atoms with E-state index in [0.717, 1.165) is 12.1 Å². The van der Waals surface area contributed by atoms with Crippen LogP contribution in [0.4, 0.5) is 0 Å². The maximum absolute atomic E-state index is 10.2. The first-order valence-electron chi connectivity index (χ1n) is 8.64. The number of aliphatic hydroxyl groups excluding tert-OH is 1. The minimum absolute atomic E-state index is 0.0538. The van der Waals surface area contributed by atoms with Crippen molar-refractivity contribution in [2.24, 2.45) is 0 Å². The second-order valence-electron chi connectivity index (χ2n) is 6.72. The minimum atomic E-state index is -0.297. The summed E-state index contributed by atoms with van der Waals surface area (Å²) in [6.45, 7) is 0.721. The molecule has 2 aliphatic rings. The number of aromatic nitrogens is 2. The molecule has 23 heavy (non-hydrogen) atoms. The summed E-state index contributed by atoms with van der Waals surface area (Å²) in [7, 11) is 0. The zero-order chi connectivity index (χ0) is 15.6. The SMILES string of the molecule is O[C@@H]1C[C@@H](c2nc(-c3ccccc3)no2)N(C2CCCCC2)C1. The van der Waals surface area contributed by atoms with E-state index < -0.39 is 0 Å². The molecule has 2 heterocycles. The Hall–Kier alpha value is -1.72. The van der Waals surface area contributed by atoms with Gasteiger partial charge in [-0.2, -0.15) is 4.98 Å². The zero-order valence-electron chi connectivity index (χ0n) is 13.3. The Balaban J connectivity index is 1.57. The van der Waals surface area contributed by atoms with Crippen molar-refractivity contribution in [2.75, 3.05) is 6.54 Å². The summed E-state index contributed by atoms with van der Waals surface area (Å²) in [6.07, 6.45) is 6.70. The number of aliphatic hydroxyl groups is 1. The lowest BCUT2D eigenvalue weighted by atomic mass is 9.94. The van der Waals surface area contributed by atoms with Gasteiger partial charge in [0.2, 0.25) is 11.7 Å². The zero-order valence-corrected chi connectivity index (χ0v) is 13.3. The van der Waals surface area contributed by atoms with Crippen LogP contribution in [0.15, 0.2) is 34.9 Å². The van der Waals surface area contributed by atoms with E-state index in [1.54, 1.807) is 0 Å². The third kappa shape index (κ3) is 3.03. The molecule has 1 aromatic carbocycles. The number of hydrogen-bond acceptors (Lipinski definition) is 5. The highest BCUT2D eigenvalue weighted by Crippen LogP contribution is 2.37.